The molecule has 2 N–H and O–H groups in total. The summed E-state index contributed by atoms with van der Waals surface area (Å²) in [7, 11) is 0. The minimum atomic E-state index is -1.05. The maximum Gasteiger partial charge on any atom is 0.341 e. The Kier molecular flexibility index (Phi) is 5.82. The second kappa shape index (κ2) is 8.10. The van der Waals surface area contributed by atoms with Crippen LogP contribution in [0.15, 0.2) is 34.8 Å². The Morgan fingerprint density at radius 2 is 2.22 bits per heavy atom. The number of benzene rings is 2. The predicted octanol–water partition coefficient (Wildman–Crippen LogP) is 4.77. The normalized spacial score (nSPS) is 11.4. The minimum Gasteiger partial charge on any atom is -0.480 e. The molecule has 0 aliphatic rings. The summed E-state index contributed by atoms with van der Waals surface area (Å²) >= 11 is 5.46. The van der Waals surface area contributed by atoms with Gasteiger partial charge in [-0.1, -0.05) is 6.07 Å². The van der Waals surface area contributed by atoms with Crippen LogP contribution in [0.2, 0.25) is 0 Å². The van der Waals surface area contributed by atoms with Crippen molar-refractivity contribution < 1.29 is 14.6 Å². The molecule has 0 atom stereocenters. The minimum absolute atomic E-state index is 0.394. The van der Waals surface area contributed by atoms with Gasteiger partial charge < -0.3 is 14.8 Å². The van der Waals surface area contributed by atoms with E-state index in [0.29, 0.717) is 21.6 Å². The van der Waals surface area contributed by atoms with E-state index in [-0.39, 0.29) is 0 Å². The number of aromatic amines is 1. The van der Waals surface area contributed by atoms with Crippen molar-refractivity contribution in [1.82, 2.24) is 9.97 Å². The number of hydrogen-bond acceptors (Lipinski definition) is 4. The summed E-state index contributed by atoms with van der Waals surface area (Å²) < 4.78 is 6.63. The molecular formula is C19H13BrIN3O3. The Labute approximate surface area is 177 Å². The molecule has 8 heteroatoms. The Morgan fingerprint density at radius 1 is 1.44 bits per heavy atom. The molecule has 3 aromatic rings. The van der Waals surface area contributed by atoms with Gasteiger partial charge in [0.05, 0.1) is 24.6 Å². The summed E-state index contributed by atoms with van der Waals surface area (Å²) in [6.07, 6.45) is 1.72. The van der Waals surface area contributed by atoms with Gasteiger partial charge in [0.2, 0.25) is 0 Å². The number of fused-ring (bicyclic) bond motifs is 1. The van der Waals surface area contributed by atoms with Crippen molar-refractivity contribution >= 4 is 67.2 Å². The molecular weight excluding hydrogens is 525 g/mol. The Morgan fingerprint density at radius 3 is 2.89 bits per heavy atom. The fraction of sp³-hybridized carbons (Fsp3) is 0.105. The van der Waals surface area contributed by atoms with Crippen molar-refractivity contribution in [3.05, 3.63) is 55.3 Å². The summed E-state index contributed by atoms with van der Waals surface area (Å²) in [4.78, 5) is 18.4. The summed E-state index contributed by atoms with van der Waals surface area (Å²) in [5.41, 5.74) is 3.94. The summed E-state index contributed by atoms with van der Waals surface area (Å²) in [5.74, 6) is -0.100. The number of ether oxygens (including phenoxy) is 1. The number of halogens is 2. The number of nitrogens with one attached hydrogen (secondary N) is 1. The highest BCUT2D eigenvalue weighted by Gasteiger charge is 2.12. The first-order valence-corrected chi connectivity index (χ1v) is 9.66. The van der Waals surface area contributed by atoms with E-state index < -0.39 is 12.6 Å². The van der Waals surface area contributed by atoms with Crippen LogP contribution in [-0.4, -0.2) is 27.7 Å². The average Bonchev–Trinajstić information content (AvgIpc) is 3.01. The van der Waals surface area contributed by atoms with E-state index in [1.807, 2.05) is 31.2 Å². The van der Waals surface area contributed by atoms with Crippen molar-refractivity contribution in [3.8, 4) is 11.8 Å². The van der Waals surface area contributed by atoms with Gasteiger partial charge in [-0.05, 0) is 86.9 Å². The van der Waals surface area contributed by atoms with Crippen LogP contribution in [0.4, 0.5) is 0 Å². The van der Waals surface area contributed by atoms with E-state index >= 15 is 0 Å². The quantitative estimate of drug-likeness (QED) is 0.361. The molecule has 27 heavy (non-hydrogen) atoms. The fourth-order valence-corrected chi connectivity index (χ4v) is 4.27. The first kappa shape index (κ1) is 19.4. The number of carboxylic acids is 1. The van der Waals surface area contributed by atoms with Crippen LogP contribution in [0.25, 0.3) is 22.7 Å². The lowest BCUT2D eigenvalue weighted by Crippen LogP contribution is -2.10. The van der Waals surface area contributed by atoms with E-state index in [2.05, 4.69) is 54.6 Å². The van der Waals surface area contributed by atoms with Gasteiger partial charge in [0.1, 0.15) is 17.6 Å². The number of aryl methyl sites for hydroxylation is 1. The molecule has 0 amide bonds. The van der Waals surface area contributed by atoms with Gasteiger partial charge in [0, 0.05) is 0 Å². The van der Waals surface area contributed by atoms with E-state index in [9.17, 15) is 10.1 Å². The van der Waals surface area contributed by atoms with Crippen molar-refractivity contribution in [2.75, 3.05) is 6.61 Å². The van der Waals surface area contributed by atoms with Crippen LogP contribution >= 0.6 is 38.5 Å². The van der Waals surface area contributed by atoms with Crippen LogP contribution in [-0.2, 0) is 4.79 Å². The molecule has 136 valence electrons. The van der Waals surface area contributed by atoms with E-state index in [0.717, 1.165) is 25.7 Å². The van der Waals surface area contributed by atoms with Gasteiger partial charge in [0.25, 0.3) is 0 Å². The van der Waals surface area contributed by atoms with Crippen LogP contribution in [0.3, 0.4) is 0 Å². The van der Waals surface area contributed by atoms with Gasteiger partial charge in [0.15, 0.2) is 6.61 Å². The van der Waals surface area contributed by atoms with Crippen molar-refractivity contribution in [3.63, 3.8) is 0 Å². The van der Waals surface area contributed by atoms with Gasteiger partial charge in [-0.2, -0.15) is 5.26 Å². The van der Waals surface area contributed by atoms with Crippen molar-refractivity contribution in [2.45, 2.75) is 6.92 Å². The maximum atomic E-state index is 10.7. The number of nitriles is 1. The van der Waals surface area contributed by atoms with Crippen LogP contribution < -0.4 is 4.74 Å². The molecule has 3 rings (SSSR count). The molecule has 1 aromatic heterocycles. The molecule has 0 saturated carbocycles. The number of carboxylic acid groups (broad SMARTS) is 1. The zero-order valence-electron chi connectivity index (χ0n) is 14.1. The monoisotopic (exact) mass is 537 g/mol. The highest BCUT2D eigenvalue weighted by Crippen LogP contribution is 2.33. The van der Waals surface area contributed by atoms with E-state index in [1.165, 1.54) is 0 Å². The number of allylic oxidation sites excluding steroid dienone is 1. The SMILES string of the molecule is Cc1ccc2nc(/C(C#N)=C\c3cc(Br)c(OCC(=O)O)c(I)c3)[nH]c2c1. The van der Waals surface area contributed by atoms with Gasteiger partial charge >= 0.3 is 5.97 Å². The topological polar surface area (TPSA) is 99.0 Å². The number of imidazole rings is 1. The number of aliphatic carboxylic acids is 1. The molecule has 2 aromatic carbocycles. The maximum absolute atomic E-state index is 10.7. The summed E-state index contributed by atoms with van der Waals surface area (Å²) in [6.45, 7) is 1.57. The highest BCUT2D eigenvalue weighted by atomic mass is 127. The lowest BCUT2D eigenvalue weighted by atomic mass is 10.1. The molecule has 0 fully saturated rings. The van der Waals surface area contributed by atoms with E-state index in [1.54, 1.807) is 12.1 Å². The molecule has 0 aliphatic heterocycles. The summed E-state index contributed by atoms with van der Waals surface area (Å²) in [6, 6.07) is 11.6. The lowest BCUT2D eigenvalue weighted by molar-refractivity contribution is -0.139. The second-order valence-electron chi connectivity index (χ2n) is 5.77. The van der Waals surface area contributed by atoms with Crippen LogP contribution in [0.1, 0.15) is 17.0 Å². The number of rotatable bonds is 5. The fourth-order valence-electron chi connectivity index (χ4n) is 2.51. The van der Waals surface area contributed by atoms with Gasteiger partial charge in [-0.25, -0.2) is 9.78 Å². The Hall–Kier alpha value is -2.38. The summed E-state index contributed by atoms with van der Waals surface area (Å²) in [5, 5.41) is 18.3. The predicted molar refractivity (Wildman–Crippen MR) is 114 cm³/mol. The van der Waals surface area contributed by atoms with Gasteiger partial charge in [-0.15, -0.1) is 0 Å². The van der Waals surface area contributed by atoms with Crippen molar-refractivity contribution in [2.24, 2.45) is 0 Å². The number of hydrogen-bond donors (Lipinski definition) is 2. The van der Waals surface area contributed by atoms with Crippen LogP contribution in [0, 0.1) is 21.8 Å². The molecule has 0 unspecified atom stereocenters. The molecule has 0 radical (unpaired) electrons. The zero-order valence-corrected chi connectivity index (χ0v) is 17.8. The first-order valence-electron chi connectivity index (χ1n) is 7.79. The molecule has 6 nitrogen and oxygen atoms in total. The zero-order chi connectivity index (χ0) is 19.6. The molecule has 0 aliphatic carbocycles. The highest BCUT2D eigenvalue weighted by molar-refractivity contribution is 14.1. The Bertz CT molecular complexity index is 1090. The third-order valence-electron chi connectivity index (χ3n) is 3.68. The number of nitrogens with zero attached hydrogens (tertiary/aromatic N) is 2. The molecule has 0 saturated heterocycles. The first-order chi connectivity index (χ1) is 12.9. The third kappa shape index (κ3) is 4.48. The smallest absolute Gasteiger partial charge is 0.341 e. The Balaban J connectivity index is 1.97. The average molecular weight is 538 g/mol. The number of aromatic nitrogens is 2. The molecule has 1 heterocycles. The van der Waals surface area contributed by atoms with Gasteiger partial charge in [-0.3, -0.25) is 0 Å². The molecule has 0 spiro atoms. The largest absolute Gasteiger partial charge is 0.480 e. The molecule has 0 bridgehead atoms. The number of H-pyrrole nitrogens is 1. The van der Waals surface area contributed by atoms with Crippen LogP contribution in [0.5, 0.6) is 5.75 Å². The van der Waals surface area contributed by atoms with Crippen molar-refractivity contribution in [1.29, 1.82) is 5.26 Å². The van der Waals surface area contributed by atoms with E-state index in [4.69, 9.17) is 9.84 Å². The third-order valence-corrected chi connectivity index (χ3v) is 5.07. The number of carbonyl (C=O) groups is 1. The standard InChI is InChI=1S/C19H13BrIN3O3/c1-10-2-3-15-16(4-10)24-19(23-15)12(8-22)5-11-6-13(20)18(14(21)7-11)27-9-17(25)26/h2-7H,9H2,1H3,(H,23,24)(H,25,26)/b12-5-. The lowest BCUT2D eigenvalue weighted by Gasteiger charge is -2.09. The second-order valence-corrected chi connectivity index (χ2v) is 7.79.